The normalized spacial score (nSPS) is 21.2. The topological polar surface area (TPSA) is 89.7 Å². The van der Waals surface area contributed by atoms with Crippen molar-refractivity contribution in [3.05, 3.63) is 0 Å². The van der Waals surface area contributed by atoms with Crippen LogP contribution < -0.4 is 5.73 Å². The maximum atomic E-state index is 11.1. The number of nitrogens with zero attached hydrogens (tertiary/aromatic N) is 1. The van der Waals surface area contributed by atoms with Crippen LogP contribution in [0.15, 0.2) is 0 Å². The SMILES string of the molecule is NCCCC[C@H]1C(=O)OC(=O)N1C=O. The van der Waals surface area contributed by atoms with Crippen molar-refractivity contribution in [2.75, 3.05) is 6.54 Å². The maximum Gasteiger partial charge on any atom is 0.424 e. The van der Waals surface area contributed by atoms with Crippen LogP contribution in [0.2, 0.25) is 0 Å². The molecule has 0 spiro atoms. The van der Waals surface area contributed by atoms with Gasteiger partial charge in [0.15, 0.2) is 0 Å². The highest BCUT2D eigenvalue weighted by Crippen LogP contribution is 2.16. The Balaban J connectivity index is 2.52. The van der Waals surface area contributed by atoms with Crippen molar-refractivity contribution in [2.24, 2.45) is 5.73 Å². The van der Waals surface area contributed by atoms with Gasteiger partial charge in [-0.2, -0.15) is 0 Å². The molecule has 1 rings (SSSR count). The third kappa shape index (κ3) is 2.08. The largest absolute Gasteiger partial charge is 0.424 e. The number of unbranched alkanes of at least 4 members (excludes halogenated alkanes) is 1. The van der Waals surface area contributed by atoms with Gasteiger partial charge in [-0.25, -0.2) is 14.5 Å². The molecule has 0 bridgehead atoms. The first-order valence-electron chi connectivity index (χ1n) is 4.40. The molecule has 78 valence electrons. The molecule has 0 saturated carbocycles. The molecule has 0 aromatic rings. The summed E-state index contributed by atoms with van der Waals surface area (Å²) < 4.78 is 4.29. The van der Waals surface area contributed by atoms with Crippen LogP contribution in [0.3, 0.4) is 0 Å². The van der Waals surface area contributed by atoms with E-state index in [1.807, 2.05) is 0 Å². The van der Waals surface area contributed by atoms with Crippen LogP contribution in [0.25, 0.3) is 0 Å². The molecule has 0 radical (unpaired) electrons. The molecular formula is C8H12N2O4. The number of hydrogen-bond donors (Lipinski definition) is 1. The van der Waals surface area contributed by atoms with E-state index in [1.165, 1.54) is 0 Å². The highest BCUT2D eigenvalue weighted by Gasteiger charge is 2.40. The van der Waals surface area contributed by atoms with E-state index < -0.39 is 18.1 Å². The summed E-state index contributed by atoms with van der Waals surface area (Å²) in [5, 5.41) is 0. The minimum Gasteiger partial charge on any atom is -0.374 e. The standard InChI is InChI=1S/C8H12N2O4/c9-4-2-1-3-6-7(12)14-8(13)10(6)5-11/h5-6H,1-4,9H2/t6-/m0/s1. The van der Waals surface area contributed by atoms with Gasteiger partial charge in [0.25, 0.3) is 0 Å². The number of ether oxygens (including phenoxy) is 1. The molecule has 14 heavy (non-hydrogen) atoms. The zero-order valence-corrected chi connectivity index (χ0v) is 7.64. The van der Waals surface area contributed by atoms with Crippen LogP contribution in [0.4, 0.5) is 4.79 Å². The fourth-order valence-electron chi connectivity index (χ4n) is 1.30. The van der Waals surface area contributed by atoms with Crippen LogP contribution >= 0.6 is 0 Å². The maximum absolute atomic E-state index is 11.1. The first kappa shape index (κ1) is 10.6. The first-order valence-corrected chi connectivity index (χ1v) is 4.40. The lowest BCUT2D eigenvalue weighted by Crippen LogP contribution is -2.33. The van der Waals surface area contributed by atoms with Crippen molar-refractivity contribution in [3.63, 3.8) is 0 Å². The van der Waals surface area contributed by atoms with Crippen molar-refractivity contribution in [1.29, 1.82) is 0 Å². The lowest BCUT2D eigenvalue weighted by atomic mass is 10.1. The zero-order valence-electron chi connectivity index (χ0n) is 7.64. The van der Waals surface area contributed by atoms with Gasteiger partial charge in [-0.15, -0.1) is 0 Å². The third-order valence-electron chi connectivity index (χ3n) is 2.05. The van der Waals surface area contributed by atoms with Gasteiger partial charge >= 0.3 is 12.1 Å². The third-order valence-corrected chi connectivity index (χ3v) is 2.05. The minimum atomic E-state index is -0.886. The zero-order chi connectivity index (χ0) is 10.6. The molecule has 0 aliphatic carbocycles. The molecule has 1 saturated heterocycles. The number of hydrogen-bond acceptors (Lipinski definition) is 5. The summed E-state index contributed by atoms with van der Waals surface area (Å²) >= 11 is 0. The number of cyclic esters (lactones) is 2. The molecule has 1 aliphatic rings. The lowest BCUT2D eigenvalue weighted by molar-refractivity contribution is -0.136. The summed E-state index contributed by atoms with van der Waals surface area (Å²) in [7, 11) is 0. The second-order valence-corrected chi connectivity index (χ2v) is 3.00. The Hall–Kier alpha value is -1.43. The van der Waals surface area contributed by atoms with Gasteiger partial charge in [0, 0.05) is 0 Å². The van der Waals surface area contributed by atoms with E-state index in [0.717, 1.165) is 11.3 Å². The number of amides is 2. The van der Waals surface area contributed by atoms with Crippen molar-refractivity contribution in [1.82, 2.24) is 4.90 Å². The summed E-state index contributed by atoms with van der Waals surface area (Å²) in [6.07, 6.45) is 1.29. The number of rotatable bonds is 5. The van der Waals surface area contributed by atoms with Gasteiger partial charge in [-0.1, -0.05) is 0 Å². The summed E-state index contributed by atoms with van der Waals surface area (Å²) in [5.41, 5.74) is 5.28. The molecule has 6 heteroatoms. The molecule has 0 unspecified atom stereocenters. The quantitative estimate of drug-likeness (QED) is 0.283. The predicted molar refractivity (Wildman–Crippen MR) is 46.1 cm³/mol. The van der Waals surface area contributed by atoms with E-state index in [9.17, 15) is 14.4 Å². The smallest absolute Gasteiger partial charge is 0.374 e. The van der Waals surface area contributed by atoms with E-state index >= 15 is 0 Å². The average molecular weight is 200 g/mol. The Morgan fingerprint density at radius 2 is 2.14 bits per heavy atom. The van der Waals surface area contributed by atoms with E-state index in [2.05, 4.69) is 4.74 Å². The van der Waals surface area contributed by atoms with E-state index in [1.54, 1.807) is 0 Å². The first-order chi connectivity index (χ1) is 6.70. The molecule has 1 atom stereocenters. The van der Waals surface area contributed by atoms with Gasteiger partial charge in [0.1, 0.15) is 6.04 Å². The minimum absolute atomic E-state index is 0.320. The molecule has 2 amide bonds. The molecule has 2 N–H and O–H groups in total. The fraction of sp³-hybridized carbons (Fsp3) is 0.625. The second-order valence-electron chi connectivity index (χ2n) is 3.00. The summed E-state index contributed by atoms with van der Waals surface area (Å²) in [6, 6.07) is -0.758. The van der Waals surface area contributed by atoms with Crippen molar-refractivity contribution in [2.45, 2.75) is 25.3 Å². The molecule has 1 heterocycles. The Bertz CT molecular complexity index is 254. The van der Waals surface area contributed by atoms with Gasteiger partial charge in [-0.05, 0) is 25.8 Å². The van der Waals surface area contributed by atoms with E-state index in [4.69, 9.17) is 5.73 Å². The van der Waals surface area contributed by atoms with Crippen LogP contribution in [0.1, 0.15) is 19.3 Å². The number of imide groups is 1. The van der Waals surface area contributed by atoms with Crippen LogP contribution in [-0.2, 0) is 14.3 Å². The van der Waals surface area contributed by atoms with Crippen molar-refractivity contribution >= 4 is 18.5 Å². The number of nitrogens with two attached hydrogens (primary N) is 1. The highest BCUT2D eigenvalue weighted by atomic mass is 16.6. The fourth-order valence-corrected chi connectivity index (χ4v) is 1.30. The van der Waals surface area contributed by atoms with E-state index in [0.29, 0.717) is 25.8 Å². The summed E-state index contributed by atoms with van der Waals surface area (Å²) in [4.78, 5) is 33.2. The number of carbonyl (C=O) groups excluding carboxylic acids is 3. The summed E-state index contributed by atoms with van der Waals surface area (Å²) in [6.45, 7) is 0.525. The van der Waals surface area contributed by atoms with Crippen LogP contribution in [-0.4, -0.2) is 36.0 Å². The Morgan fingerprint density at radius 1 is 1.43 bits per heavy atom. The molecule has 1 fully saturated rings. The lowest BCUT2D eigenvalue weighted by Gasteiger charge is -2.11. The Kier molecular flexibility index (Phi) is 3.58. The molecule has 6 nitrogen and oxygen atoms in total. The molecule has 1 aliphatic heterocycles. The average Bonchev–Trinajstić information content (AvgIpc) is 2.42. The van der Waals surface area contributed by atoms with Gasteiger partial charge < -0.3 is 10.5 Å². The van der Waals surface area contributed by atoms with Crippen LogP contribution in [0.5, 0.6) is 0 Å². The second kappa shape index (κ2) is 4.71. The summed E-state index contributed by atoms with van der Waals surface area (Å²) in [5.74, 6) is -0.654. The predicted octanol–water partition coefficient (Wildman–Crippen LogP) is -0.381. The molecular weight excluding hydrogens is 188 g/mol. The van der Waals surface area contributed by atoms with Crippen LogP contribution in [0, 0.1) is 0 Å². The van der Waals surface area contributed by atoms with Gasteiger partial charge in [-0.3, -0.25) is 4.79 Å². The Morgan fingerprint density at radius 3 is 2.71 bits per heavy atom. The molecule has 0 aromatic heterocycles. The molecule has 0 aromatic carbocycles. The van der Waals surface area contributed by atoms with Gasteiger partial charge in [0.05, 0.1) is 0 Å². The highest BCUT2D eigenvalue weighted by molar-refractivity contribution is 6.00. The Labute approximate surface area is 81.0 Å². The monoisotopic (exact) mass is 200 g/mol. The number of carbonyl (C=O) groups is 3. The number of esters is 1. The van der Waals surface area contributed by atoms with Gasteiger partial charge in [0.2, 0.25) is 6.41 Å². The van der Waals surface area contributed by atoms with Crippen molar-refractivity contribution in [3.8, 4) is 0 Å². The van der Waals surface area contributed by atoms with E-state index in [-0.39, 0.29) is 0 Å². The van der Waals surface area contributed by atoms with Crippen molar-refractivity contribution < 1.29 is 19.1 Å².